The van der Waals surface area contributed by atoms with Gasteiger partial charge in [0.1, 0.15) is 21.8 Å². The van der Waals surface area contributed by atoms with E-state index < -0.39 is 35.6 Å². The highest BCUT2D eigenvalue weighted by Crippen LogP contribution is 2.44. The van der Waals surface area contributed by atoms with Gasteiger partial charge in [0.05, 0.1) is 11.7 Å². The van der Waals surface area contributed by atoms with Crippen molar-refractivity contribution in [3.63, 3.8) is 0 Å². The molecule has 0 bridgehead atoms. The van der Waals surface area contributed by atoms with Gasteiger partial charge in [0, 0.05) is 34.0 Å². The SMILES string of the molecule is CNCCSCc1ncccc1SC1=C(C(=O)O)N2C(=O)C(NC(=O)C(=NO)c3nc(N)sc3Cl)C2CC1. The Bertz CT molecular complexity index is 1320. The summed E-state index contributed by atoms with van der Waals surface area (Å²) >= 11 is 9.94. The number of aliphatic carboxylic acids is 1. The van der Waals surface area contributed by atoms with Crippen molar-refractivity contribution < 1.29 is 24.7 Å². The van der Waals surface area contributed by atoms with Crippen molar-refractivity contribution in [2.24, 2.45) is 5.16 Å². The number of thiazole rings is 1. The predicted octanol–water partition coefficient (Wildman–Crippen LogP) is 1.98. The van der Waals surface area contributed by atoms with Crippen molar-refractivity contribution in [3.05, 3.63) is 44.7 Å². The maximum atomic E-state index is 13.1. The smallest absolute Gasteiger partial charge is 0.353 e. The molecule has 6 N–H and O–H groups in total. The number of carboxylic acids is 1. The van der Waals surface area contributed by atoms with Gasteiger partial charge in [0.2, 0.25) is 0 Å². The Morgan fingerprint density at radius 1 is 1.42 bits per heavy atom. The van der Waals surface area contributed by atoms with Crippen LogP contribution in [0.4, 0.5) is 5.13 Å². The van der Waals surface area contributed by atoms with Crippen molar-refractivity contribution >= 4 is 75.1 Å². The second-order valence-corrected chi connectivity index (χ2v) is 12.0. The van der Waals surface area contributed by atoms with E-state index in [4.69, 9.17) is 17.3 Å². The van der Waals surface area contributed by atoms with E-state index in [-0.39, 0.29) is 20.9 Å². The molecule has 2 atom stereocenters. The number of carboxylic acid groups (broad SMARTS) is 1. The minimum Gasteiger partial charge on any atom is -0.477 e. The molecule has 0 aliphatic carbocycles. The van der Waals surface area contributed by atoms with Gasteiger partial charge in [-0.25, -0.2) is 9.78 Å². The molecule has 2 unspecified atom stereocenters. The molecule has 4 rings (SSSR count). The first kappa shape index (κ1) is 28.2. The quantitative estimate of drug-likeness (QED) is 0.0839. The summed E-state index contributed by atoms with van der Waals surface area (Å²) in [6, 6.07) is 2.12. The first-order valence-corrected chi connectivity index (χ1v) is 14.5. The van der Waals surface area contributed by atoms with Gasteiger partial charge in [0.25, 0.3) is 11.8 Å². The van der Waals surface area contributed by atoms with Crippen LogP contribution in [-0.4, -0.2) is 80.1 Å². The minimum absolute atomic E-state index is 0.0534. The zero-order valence-electron chi connectivity index (χ0n) is 20.0. The summed E-state index contributed by atoms with van der Waals surface area (Å²) in [5, 5.41) is 28.1. The number of rotatable bonds is 11. The molecule has 1 saturated heterocycles. The van der Waals surface area contributed by atoms with Crippen LogP contribution < -0.4 is 16.4 Å². The highest BCUT2D eigenvalue weighted by atomic mass is 35.5. The van der Waals surface area contributed by atoms with Crippen LogP contribution in [0.25, 0.3) is 0 Å². The molecule has 38 heavy (non-hydrogen) atoms. The van der Waals surface area contributed by atoms with Crippen LogP contribution in [0, 0.1) is 0 Å². The highest BCUT2D eigenvalue weighted by Gasteiger charge is 2.54. The van der Waals surface area contributed by atoms with E-state index in [0.29, 0.717) is 23.5 Å². The number of carbonyl (C=O) groups excluding carboxylic acids is 2. The molecule has 2 amide bonds. The summed E-state index contributed by atoms with van der Waals surface area (Å²) in [4.78, 5) is 49.1. The standard InChI is InChI=1S/C22H24ClN7O5S3/c1-25-7-8-36-9-10-12(3-2-6-26-10)37-13-5-4-11-14(20(32)30(11)17(13)21(33)34)27-19(31)16(29-35)15-18(23)38-22(24)28-15/h2-3,6,11,14,25,35H,4-5,7-9H2,1H3,(H2,24,28)(H,27,31)(H,33,34). The van der Waals surface area contributed by atoms with E-state index in [1.807, 2.05) is 13.1 Å². The third-order valence-electron chi connectivity index (χ3n) is 5.84. The molecule has 4 heterocycles. The minimum atomic E-state index is -1.23. The Morgan fingerprint density at radius 3 is 2.87 bits per heavy atom. The molecule has 2 aromatic heterocycles. The van der Waals surface area contributed by atoms with Crippen LogP contribution in [0.2, 0.25) is 4.34 Å². The second-order valence-electron chi connectivity index (χ2n) is 8.17. The molecule has 202 valence electrons. The number of hydrogen-bond acceptors (Lipinski definition) is 12. The molecule has 0 radical (unpaired) electrons. The van der Waals surface area contributed by atoms with Gasteiger partial charge in [-0.1, -0.05) is 39.9 Å². The number of thioether (sulfide) groups is 2. The number of β-lactam (4-membered cyclic amide) rings is 1. The van der Waals surface area contributed by atoms with Gasteiger partial charge in [-0.15, -0.1) is 0 Å². The van der Waals surface area contributed by atoms with E-state index in [1.54, 1.807) is 24.0 Å². The average molecular weight is 598 g/mol. The zero-order chi connectivity index (χ0) is 27.4. The van der Waals surface area contributed by atoms with Crippen molar-refractivity contribution in [1.82, 2.24) is 25.5 Å². The number of amides is 2. The lowest BCUT2D eigenvalue weighted by Gasteiger charge is -2.50. The summed E-state index contributed by atoms with van der Waals surface area (Å²) in [5.74, 6) is -1.11. The number of allylic oxidation sites excluding steroid dienone is 1. The molecule has 16 heteroatoms. The number of carbonyl (C=O) groups is 3. The van der Waals surface area contributed by atoms with Crippen LogP contribution in [-0.2, 0) is 20.1 Å². The number of halogens is 1. The lowest BCUT2D eigenvalue weighted by Crippen LogP contribution is -2.72. The molecule has 2 aliphatic heterocycles. The van der Waals surface area contributed by atoms with Gasteiger partial charge in [-0.3, -0.25) is 19.5 Å². The molecule has 2 aliphatic rings. The number of hydrogen-bond donors (Lipinski definition) is 5. The highest BCUT2D eigenvalue weighted by molar-refractivity contribution is 8.03. The van der Waals surface area contributed by atoms with Gasteiger partial charge in [-0.2, -0.15) is 11.8 Å². The van der Waals surface area contributed by atoms with Crippen molar-refractivity contribution in [3.8, 4) is 0 Å². The summed E-state index contributed by atoms with van der Waals surface area (Å²) in [7, 11) is 1.89. The second kappa shape index (κ2) is 12.3. The molecule has 0 spiro atoms. The van der Waals surface area contributed by atoms with E-state index in [2.05, 4.69) is 25.8 Å². The van der Waals surface area contributed by atoms with Crippen molar-refractivity contribution in [2.45, 2.75) is 35.6 Å². The normalized spacial score (nSPS) is 19.3. The number of aromatic nitrogens is 2. The van der Waals surface area contributed by atoms with Crippen molar-refractivity contribution in [1.29, 1.82) is 0 Å². The predicted molar refractivity (Wildman–Crippen MR) is 147 cm³/mol. The molecule has 12 nitrogen and oxygen atoms in total. The topological polar surface area (TPSA) is 183 Å². The monoisotopic (exact) mass is 597 g/mol. The maximum absolute atomic E-state index is 13.1. The van der Waals surface area contributed by atoms with E-state index in [1.165, 1.54) is 16.7 Å². The van der Waals surface area contributed by atoms with E-state index in [0.717, 1.165) is 34.2 Å². The van der Waals surface area contributed by atoms with Crippen LogP contribution in [0.1, 0.15) is 24.2 Å². The van der Waals surface area contributed by atoms with Gasteiger partial charge < -0.3 is 26.7 Å². The number of nitrogens with two attached hydrogens (primary N) is 1. The number of pyridine rings is 1. The number of nitrogen functional groups attached to an aromatic ring is 1. The fraction of sp³-hybridized carbons (Fsp3) is 0.364. The van der Waals surface area contributed by atoms with Gasteiger partial charge in [-0.05, 0) is 32.0 Å². The number of nitrogens with zero attached hydrogens (tertiary/aromatic N) is 4. The van der Waals surface area contributed by atoms with Crippen LogP contribution in [0.15, 0.2) is 39.0 Å². The average Bonchev–Trinajstić information content (AvgIpc) is 3.23. The summed E-state index contributed by atoms with van der Waals surface area (Å²) in [5.41, 5.74) is 5.74. The molecule has 0 aromatic carbocycles. The molecule has 1 fully saturated rings. The lowest BCUT2D eigenvalue weighted by atomic mass is 9.86. The molecular formula is C22H24ClN7O5S3. The summed E-state index contributed by atoms with van der Waals surface area (Å²) in [6.45, 7) is 0.862. The number of nitrogens with one attached hydrogen (secondary N) is 2. The Balaban J connectivity index is 1.50. The Kier molecular flexibility index (Phi) is 9.15. The van der Waals surface area contributed by atoms with E-state index >= 15 is 0 Å². The first-order chi connectivity index (χ1) is 18.3. The number of oxime groups is 1. The third kappa shape index (κ3) is 5.76. The van der Waals surface area contributed by atoms with E-state index in [9.17, 15) is 24.7 Å². The Morgan fingerprint density at radius 2 is 2.21 bits per heavy atom. The van der Waals surface area contributed by atoms with Crippen LogP contribution >= 0.6 is 46.5 Å². The maximum Gasteiger partial charge on any atom is 0.353 e. The van der Waals surface area contributed by atoms with Crippen molar-refractivity contribution in [2.75, 3.05) is 25.1 Å². The first-order valence-electron chi connectivity index (χ1n) is 11.4. The van der Waals surface area contributed by atoms with Gasteiger partial charge >= 0.3 is 5.97 Å². The largest absolute Gasteiger partial charge is 0.477 e. The van der Waals surface area contributed by atoms with Crippen LogP contribution in [0.3, 0.4) is 0 Å². The number of fused-ring (bicyclic) bond motifs is 1. The lowest BCUT2D eigenvalue weighted by molar-refractivity contribution is -0.155. The Hall–Kier alpha value is -2.85. The molecule has 2 aromatic rings. The van der Waals surface area contributed by atoms with Crippen LogP contribution in [0.5, 0.6) is 0 Å². The molecular weight excluding hydrogens is 574 g/mol. The summed E-state index contributed by atoms with van der Waals surface area (Å²) in [6.07, 6.45) is 2.52. The van der Waals surface area contributed by atoms with Gasteiger partial charge in [0.15, 0.2) is 10.8 Å². The third-order valence-corrected chi connectivity index (χ3v) is 9.13. The zero-order valence-corrected chi connectivity index (χ0v) is 23.2. The Labute approximate surface area is 235 Å². The number of anilines is 1. The summed E-state index contributed by atoms with van der Waals surface area (Å²) < 4.78 is 0.0534. The fourth-order valence-electron chi connectivity index (χ4n) is 4.10. The fourth-order valence-corrected chi connectivity index (χ4v) is 7.19. The molecule has 0 saturated carbocycles.